The number of hydrogen-bond donors (Lipinski definition) is 0. The van der Waals surface area contributed by atoms with Gasteiger partial charge in [-0.2, -0.15) is 21.6 Å². The summed E-state index contributed by atoms with van der Waals surface area (Å²) in [5.41, 5.74) is -4.65. The Labute approximate surface area is 142 Å². The fraction of sp³-hybridized carbons (Fsp3) is 0.214. The van der Waals surface area contributed by atoms with Crippen molar-refractivity contribution in [3.8, 4) is 17.1 Å². The van der Waals surface area contributed by atoms with Crippen LogP contribution in [0.15, 0.2) is 41.3 Å². The highest BCUT2D eigenvalue weighted by atomic mass is 32.2. The Balaban J connectivity index is 2.43. The smallest absolute Gasteiger partial charge is 0.355 e. The molecule has 0 spiro atoms. The van der Waals surface area contributed by atoms with Gasteiger partial charge in [0.1, 0.15) is 0 Å². The molecular formula is C14H12F3NO5S2. The zero-order valence-corrected chi connectivity index (χ0v) is 14.5. The van der Waals surface area contributed by atoms with Crippen molar-refractivity contribution in [2.75, 3.05) is 6.26 Å². The quantitative estimate of drug-likeness (QED) is 0.584. The van der Waals surface area contributed by atoms with Gasteiger partial charge in [-0.1, -0.05) is 12.1 Å². The number of nitrogens with zero attached hydrogens (tertiary/aromatic N) is 1. The number of aryl methyl sites for hydroxylation is 1. The van der Waals surface area contributed by atoms with E-state index in [1.54, 1.807) is 0 Å². The van der Waals surface area contributed by atoms with Crippen LogP contribution in [0.1, 0.15) is 5.56 Å². The van der Waals surface area contributed by atoms with E-state index in [2.05, 4.69) is 9.17 Å². The molecule has 25 heavy (non-hydrogen) atoms. The largest absolute Gasteiger partial charge is 0.534 e. The molecule has 1 aromatic heterocycles. The molecule has 0 atom stereocenters. The molecule has 0 N–H and O–H groups in total. The van der Waals surface area contributed by atoms with Gasteiger partial charge in [0, 0.05) is 17.9 Å². The number of halogens is 3. The first-order valence-electron chi connectivity index (χ1n) is 6.59. The first-order valence-corrected chi connectivity index (χ1v) is 9.89. The second-order valence-corrected chi connectivity index (χ2v) is 8.70. The summed E-state index contributed by atoms with van der Waals surface area (Å²) in [6, 6.07) is 7.95. The van der Waals surface area contributed by atoms with Gasteiger partial charge in [-0.25, -0.2) is 13.4 Å². The van der Waals surface area contributed by atoms with Crippen LogP contribution in [0.2, 0.25) is 0 Å². The Kier molecular flexibility index (Phi) is 4.83. The van der Waals surface area contributed by atoms with Gasteiger partial charge >= 0.3 is 15.6 Å². The van der Waals surface area contributed by atoms with Crippen LogP contribution in [0.3, 0.4) is 0 Å². The summed E-state index contributed by atoms with van der Waals surface area (Å²) in [6.45, 7) is 1.52. The van der Waals surface area contributed by atoms with Gasteiger partial charge in [-0.05, 0) is 30.7 Å². The first kappa shape index (κ1) is 19.2. The molecule has 0 unspecified atom stereocenters. The lowest BCUT2D eigenvalue weighted by molar-refractivity contribution is -0.0501. The third-order valence-electron chi connectivity index (χ3n) is 3.00. The third kappa shape index (κ3) is 4.48. The van der Waals surface area contributed by atoms with Crippen LogP contribution in [0.5, 0.6) is 5.88 Å². The minimum Gasteiger partial charge on any atom is -0.355 e. The molecule has 11 heteroatoms. The predicted molar refractivity (Wildman–Crippen MR) is 83.1 cm³/mol. The van der Waals surface area contributed by atoms with Gasteiger partial charge in [-0.3, -0.25) is 0 Å². The molecule has 0 aliphatic rings. The molecule has 0 radical (unpaired) electrons. The second-order valence-electron chi connectivity index (χ2n) is 5.15. The predicted octanol–water partition coefficient (Wildman–Crippen LogP) is 2.69. The van der Waals surface area contributed by atoms with E-state index in [4.69, 9.17) is 0 Å². The highest BCUT2D eigenvalue weighted by Gasteiger charge is 2.48. The monoisotopic (exact) mass is 395 g/mol. The van der Waals surface area contributed by atoms with E-state index in [9.17, 15) is 30.0 Å². The van der Waals surface area contributed by atoms with Crippen molar-refractivity contribution in [3.05, 3.63) is 42.0 Å². The van der Waals surface area contributed by atoms with Gasteiger partial charge in [0.05, 0.1) is 10.6 Å². The molecule has 0 saturated carbocycles. The molecule has 2 rings (SSSR count). The van der Waals surface area contributed by atoms with E-state index in [1.165, 1.54) is 37.3 Å². The van der Waals surface area contributed by atoms with E-state index in [0.717, 1.165) is 12.3 Å². The molecule has 2 aromatic rings. The fourth-order valence-electron chi connectivity index (χ4n) is 1.86. The van der Waals surface area contributed by atoms with Gasteiger partial charge in [-0.15, -0.1) is 0 Å². The maximum atomic E-state index is 12.4. The van der Waals surface area contributed by atoms with Crippen molar-refractivity contribution in [1.82, 2.24) is 4.98 Å². The van der Waals surface area contributed by atoms with Crippen molar-refractivity contribution in [2.45, 2.75) is 17.3 Å². The zero-order valence-electron chi connectivity index (χ0n) is 12.9. The Morgan fingerprint density at radius 3 is 2.04 bits per heavy atom. The van der Waals surface area contributed by atoms with Crippen molar-refractivity contribution < 1.29 is 34.2 Å². The highest BCUT2D eigenvalue weighted by Crippen LogP contribution is 2.28. The van der Waals surface area contributed by atoms with Crippen molar-refractivity contribution >= 4 is 20.0 Å². The van der Waals surface area contributed by atoms with E-state index in [1.807, 2.05) is 0 Å². The number of aromatic nitrogens is 1. The third-order valence-corrected chi connectivity index (χ3v) is 5.09. The molecule has 0 aliphatic heterocycles. The number of benzene rings is 1. The minimum absolute atomic E-state index is 0.0556. The molecule has 136 valence electrons. The second kappa shape index (κ2) is 6.30. The van der Waals surface area contributed by atoms with E-state index in [-0.39, 0.29) is 10.6 Å². The lowest BCUT2D eigenvalue weighted by Crippen LogP contribution is -2.28. The zero-order chi connectivity index (χ0) is 19.0. The van der Waals surface area contributed by atoms with Crippen molar-refractivity contribution in [3.63, 3.8) is 0 Å². The van der Waals surface area contributed by atoms with Crippen LogP contribution in [-0.4, -0.2) is 33.6 Å². The topological polar surface area (TPSA) is 90.4 Å². The standard InChI is InChI=1S/C14H12F3NO5S2/c1-9-7-12(10-3-5-11(6-4-10)24(2,19)20)18-13(8-9)23-25(21,22)14(15,16)17/h3-8H,1-2H3. The summed E-state index contributed by atoms with van der Waals surface area (Å²) in [6.07, 6.45) is 1.03. The number of rotatable bonds is 4. The average molecular weight is 395 g/mol. The molecule has 0 bridgehead atoms. The Hall–Kier alpha value is -2.14. The number of pyridine rings is 1. The summed E-state index contributed by atoms with van der Waals surface area (Å²) in [5.74, 6) is -0.737. The number of hydrogen-bond acceptors (Lipinski definition) is 6. The van der Waals surface area contributed by atoms with E-state index in [0.29, 0.717) is 11.1 Å². The molecular weight excluding hydrogens is 383 g/mol. The summed E-state index contributed by atoms with van der Waals surface area (Å²) in [5, 5.41) is 0. The molecule has 0 amide bonds. The van der Waals surface area contributed by atoms with Crippen LogP contribution in [-0.2, 0) is 20.0 Å². The normalized spacial score (nSPS) is 12.8. The lowest BCUT2D eigenvalue weighted by Gasteiger charge is -2.11. The summed E-state index contributed by atoms with van der Waals surface area (Å²) < 4.78 is 86.3. The van der Waals surface area contributed by atoms with Crippen LogP contribution in [0.4, 0.5) is 13.2 Å². The number of alkyl halides is 3. The SMILES string of the molecule is Cc1cc(OS(=O)(=O)C(F)(F)F)nc(-c2ccc(S(C)(=O)=O)cc2)c1. The highest BCUT2D eigenvalue weighted by molar-refractivity contribution is 7.90. The average Bonchev–Trinajstić information content (AvgIpc) is 2.44. The molecule has 1 heterocycles. The summed E-state index contributed by atoms with van der Waals surface area (Å²) >= 11 is 0. The van der Waals surface area contributed by atoms with Gasteiger partial charge < -0.3 is 4.18 Å². The van der Waals surface area contributed by atoms with Crippen LogP contribution in [0, 0.1) is 6.92 Å². The van der Waals surface area contributed by atoms with E-state index < -0.39 is 31.3 Å². The molecule has 6 nitrogen and oxygen atoms in total. The summed E-state index contributed by atoms with van der Waals surface area (Å²) in [4.78, 5) is 3.80. The maximum Gasteiger partial charge on any atom is 0.534 e. The van der Waals surface area contributed by atoms with Crippen LogP contribution < -0.4 is 4.18 Å². The van der Waals surface area contributed by atoms with Gasteiger partial charge in [0.25, 0.3) is 0 Å². The minimum atomic E-state index is -5.83. The molecule has 1 aromatic carbocycles. The first-order chi connectivity index (χ1) is 11.3. The van der Waals surface area contributed by atoms with Crippen molar-refractivity contribution in [2.24, 2.45) is 0 Å². The molecule has 0 saturated heterocycles. The van der Waals surface area contributed by atoms with Crippen LogP contribution in [0.25, 0.3) is 11.3 Å². The Morgan fingerprint density at radius 2 is 1.56 bits per heavy atom. The van der Waals surface area contributed by atoms with Crippen molar-refractivity contribution in [1.29, 1.82) is 0 Å². The van der Waals surface area contributed by atoms with Crippen LogP contribution >= 0.6 is 0 Å². The van der Waals surface area contributed by atoms with Gasteiger partial charge in [0.2, 0.25) is 5.88 Å². The Morgan fingerprint density at radius 1 is 1.00 bits per heavy atom. The molecule has 0 fully saturated rings. The summed E-state index contributed by atoms with van der Waals surface area (Å²) in [7, 11) is -9.24. The van der Waals surface area contributed by atoms with E-state index >= 15 is 0 Å². The number of sulfone groups is 1. The Bertz CT molecular complexity index is 998. The lowest BCUT2D eigenvalue weighted by atomic mass is 10.1. The maximum absolute atomic E-state index is 12.4. The molecule has 0 aliphatic carbocycles. The fourth-order valence-corrected chi connectivity index (χ4v) is 2.89. The van der Waals surface area contributed by atoms with Gasteiger partial charge in [0.15, 0.2) is 9.84 Å².